The third kappa shape index (κ3) is 4.26. The standard InChI is InChI=1S/C10H16N2O.2ClH/c1-7-5-8(13-2)3-4-9(7)10(12)6-11;;/h3-5,10H,6,11-12H2,1-2H3;2*1H/t10-;;/m1../s1. The van der Waals surface area contributed by atoms with Gasteiger partial charge >= 0.3 is 0 Å². The SMILES string of the molecule is COc1ccc([C@H](N)CN)c(C)c1.Cl.Cl. The van der Waals surface area contributed by atoms with Gasteiger partial charge in [-0.3, -0.25) is 0 Å². The summed E-state index contributed by atoms with van der Waals surface area (Å²) in [5.74, 6) is 0.852. The average Bonchev–Trinajstić information content (AvgIpc) is 2.16. The molecule has 0 aromatic heterocycles. The first-order valence-electron chi connectivity index (χ1n) is 4.29. The quantitative estimate of drug-likeness (QED) is 0.863. The van der Waals surface area contributed by atoms with E-state index >= 15 is 0 Å². The summed E-state index contributed by atoms with van der Waals surface area (Å²) < 4.78 is 5.09. The minimum absolute atomic E-state index is 0. The van der Waals surface area contributed by atoms with E-state index in [9.17, 15) is 0 Å². The van der Waals surface area contributed by atoms with Crippen LogP contribution in [0.3, 0.4) is 0 Å². The third-order valence-corrected chi connectivity index (χ3v) is 2.13. The molecule has 1 atom stereocenters. The molecular weight excluding hydrogens is 235 g/mol. The summed E-state index contributed by atoms with van der Waals surface area (Å²) in [6.45, 7) is 2.47. The Labute approximate surface area is 103 Å². The van der Waals surface area contributed by atoms with Crippen LogP contribution < -0.4 is 16.2 Å². The van der Waals surface area contributed by atoms with E-state index < -0.39 is 0 Å². The topological polar surface area (TPSA) is 61.3 Å². The van der Waals surface area contributed by atoms with E-state index in [1.807, 2.05) is 25.1 Å². The van der Waals surface area contributed by atoms with Gasteiger partial charge in [0.1, 0.15) is 5.75 Å². The summed E-state index contributed by atoms with van der Waals surface area (Å²) in [4.78, 5) is 0. The van der Waals surface area contributed by atoms with Crippen LogP contribution >= 0.6 is 24.8 Å². The van der Waals surface area contributed by atoms with Crippen LogP contribution in [0.4, 0.5) is 0 Å². The Morgan fingerprint density at radius 3 is 2.33 bits per heavy atom. The van der Waals surface area contributed by atoms with Crippen molar-refractivity contribution in [2.75, 3.05) is 13.7 Å². The molecule has 4 N–H and O–H groups in total. The van der Waals surface area contributed by atoms with Gasteiger partial charge in [0.05, 0.1) is 7.11 Å². The first-order valence-corrected chi connectivity index (χ1v) is 4.29. The maximum Gasteiger partial charge on any atom is 0.119 e. The van der Waals surface area contributed by atoms with Crippen LogP contribution in [0.1, 0.15) is 17.2 Å². The fourth-order valence-corrected chi connectivity index (χ4v) is 1.32. The lowest BCUT2D eigenvalue weighted by atomic mass is 10.0. The second-order valence-electron chi connectivity index (χ2n) is 3.06. The Hall–Kier alpha value is -0.480. The van der Waals surface area contributed by atoms with Gasteiger partial charge in [-0.2, -0.15) is 0 Å². The van der Waals surface area contributed by atoms with E-state index in [2.05, 4.69) is 0 Å². The molecule has 0 heterocycles. The summed E-state index contributed by atoms with van der Waals surface area (Å²) in [7, 11) is 1.65. The summed E-state index contributed by atoms with van der Waals surface area (Å²) in [6, 6.07) is 5.75. The Morgan fingerprint density at radius 2 is 1.93 bits per heavy atom. The lowest BCUT2D eigenvalue weighted by Crippen LogP contribution is -2.21. The maximum atomic E-state index is 5.82. The van der Waals surface area contributed by atoms with Gasteiger partial charge in [-0.15, -0.1) is 24.8 Å². The second kappa shape index (κ2) is 7.77. The number of hydrogen-bond donors (Lipinski definition) is 2. The van der Waals surface area contributed by atoms with Crippen LogP contribution in [0.25, 0.3) is 0 Å². The van der Waals surface area contributed by atoms with E-state index in [4.69, 9.17) is 16.2 Å². The van der Waals surface area contributed by atoms with E-state index in [1.54, 1.807) is 7.11 Å². The predicted molar refractivity (Wildman–Crippen MR) is 68.2 cm³/mol. The molecule has 0 aliphatic rings. The van der Waals surface area contributed by atoms with Crippen LogP contribution in [0.2, 0.25) is 0 Å². The highest BCUT2D eigenvalue weighted by Gasteiger charge is 2.06. The van der Waals surface area contributed by atoms with Crippen LogP contribution in [0.15, 0.2) is 18.2 Å². The van der Waals surface area contributed by atoms with E-state index in [0.717, 1.165) is 16.9 Å². The number of aryl methyl sites for hydroxylation is 1. The summed E-state index contributed by atoms with van der Waals surface area (Å²) in [5.41, 5.74) is 13.5. The normalized spacial score (nSPS) is 10.9. The average molecular weight is 253 g/mol. The molecule has 1 aromatic carbocycles. The van der Waals surface area contributed by atoms with Crippen LogP contribution in [0.5, 0.6) is 5.75 Å². The van der Waals surface area contributed by atoms with Crippen molar-refractivity contribution in [3.63, 3.8) is 0 Å². The van der Waals surface area contributed by atoms with Crippen LogP contribution in [-0.2, 0) is 0 Å². The van der Waals surface area contributed by atoms with Gasteiger partial charge in [-0.05, 0) is 30.2 Å². The number of ether oxygens (including phenoxy) is 1. The van der Waals surface area contributed by atoms with Gasteiger partial charge in [0.25, 0.3) is 0 Å². The van der Waals surface area contributed by atoms with E-state index in [1.165, 1.54) is 0 Å². The monoisotopic (exact) mass is 252 g/mol. The van der Waals surface area contributed by atoms with Crippen molar-refractivity contribution in [2.24, 2.45) is 11.5 Å². The molecular formula is C10H18Cl2N2O. The number of hydrogen-bond acceptors (Lipinski definition) is 3. The highest BCUT2D eigenvalue weighted by Crippen LogP contribution is 2.20. The van der Waals surface area contributed by atoms with Crippen LogP contribution in [0, 0.1) is 6.92 Å². The van der Waals surface area contributed by atoms with Gasteiger partial charge in [0, 0.05) is 12.6 Å². The van der Waals surface area contributed by atoms with Crippen molar-refractivity contribution in [1.29, 1.82) is 0 Å². The minimum atomic E-state index is -0.0779. The molecule has 1 aromatic rings. The second-order valence-corrected chi connectivity index (χ2v) is 3.06. The van der Waals surface area contributed by atoms with Crippen LogP contribution in [-0.4, -0.2) is 13.7 Å². The van der Waals surface area contributed by atoms with Crippen molar-refractivity contribution in [1.82, 2.24) is 0 Å². The fraction of sp³-hybridized carbons (Fsp3) is 0.400. The molecule has 0 aliphatic heterocycles. The Bertz CT molecular complexity index is 295. The van der Waals surface area contributed by atoms with Crippen molar-refractivity contribution in [3.8, 4) is 5.75 Å². The first-order chi connectivity index (χ1) is 6.19. The smallest absolute Gasteiger partial charge is 0.119 e. The molecule has 0 fully saturated rings. The maximum absolute atomic E-state index is 5.82. The lowest BCUT2D eigenvalue weighted by molar-refractivity contribution is 0.414. The molecule has 0 aliphatic carbocycles. The predicted octanol–water partition coefficient (Wildman–Crippen LogP) is 1.81. The fourth-order valence-electron chi connectivity index (χ4n) is 1.32. The van der Waals surface area contributed by atoms with Gasteiger partial charge in [-0.25, -0.2) is 0 Å². The zero-order chi connectivity index (χ0) is 9.84. The summed E-state index contributed by atoms with van der Waals surface area (Å²) in [5, 5.41) is 0. The van der Waals surface area contributed by atoms with E-state index in [0.29, 0.717) is 6.54 Å². The molecule has 5 heteroatoms. The first kappa shape index (κ1) is 16.9. The molecule has 0 amide bonds. The molecule has 3 nitrogen and oxygen atoms in total. The molecule has 0 bridgehead atoms. The number of methoxy groups -OCH3 is 1. The van der Waals surface area contributed by atoms with Crippen molar-refractivity contribution >= 4 is 24.8 Å². The highest BCUT2D eigenvalue weighted by atomic mass is 35.5. The van der Waals surface area contributed by atoms with Gasteiger partial charge in [0.15, 0.2) is 0 Å². The highest BCUT2D eigenvalue weighted by molar-refractivity contribution is 5.85. The molecule has 88 valence electrons. The number of benzene rings is 1. The number of halogens is 2. The largest absolute Gasteiger partial charge is 0.497 e. The van der Waals surface area contributed by atoms with Gasteiger partial charge < -0.3 is 16.2 Å². The molecule has 0 spiro atoms. The molecule has 15 heavy (non-hydrogen) atoms. The van der Waals surface area contributed by atoms with E-state index in [-0.39, 0.29) is 30.9 Å². The Balaban J connectivity index is 0. The number of nitrogens with two attached hydrogens (primary N) is 2. The zero-order valence-corrected chi connectivity index (χ0v) is 10.5. The minimum Gasteiger partial charge on any atom is -0.497 e. The summed E-state index contributed by atoms with van der Waals surface area (Å²) in [6.07, 6.45) is 0. The van der Waals surface area contributed by atoms with Crippen molar-refractivity contribution in [3.05, 3.63) is 29.3 Å². The van der Waals surface area contributed by atoms with Crippen molar-refractivity contribution < 1.29 is 4.74 Å². The Kier molecular flexibility index (Phi) is 8.77. The molecule has 0 saturated heterocycles. The molecule has 0 radical (unpaired) electrons. The zero-order valence-electron chi connectivity index (χ0n) is 8.90. The van der Waals surface area contributed by atoms with Gasteiger partial charge in [-0.1, -0.05) is 6.07 Å². The number of rotatable bonds is 3. The molecule has 0 unspecified atom stereocenters. The molecule has 1 rings (SSSR count). The molecule has 0 saturated carbocycles. The third-order valence-electron chi connectivity index (χ3n) is 2.13. The Morgan fingerprint density at radius 1 is 1.33 bits per heavy atom. The van der Waals surface area contributed by atoms with Crippen molar-refractivity contribution in [2.45, 2.75) is 13.0 Å². The lowest BCUT2D eigenvalue weighted by Gasteiger charge is -2.13. The summed E-state index contributed by atoms with van der Waals surface area (Å²) >= 11 is 0. The van der Waals surface area contributed by atoms with Gasteiger partial charge in [0.2, 0.25) is 0 Å².